The second kappa shape index (κ2) is 9.34. The molecule has 11 rings (SSSR count). The summed E-state index contributed by atoms with van der Waals surface area (Å²) in [7, 11) is 0. The van der Waals surface area contributed by atoms with Gasteiger partial charge in [0.2, 0.25) is 0 Å². The quantitative estimate of drug-likeness (QED) is 0.194. The van der Waals surface area contributed by atoms with Gasteiger partial charge in [-0.15, -0.1) is 0 Å². The van der Waals surface area contributed by atoms with Crippen molar-refractivity contribution in [2.75, 3.05) is 4.90 Å². The van der Waals surface area contributed by atoms with Gasteiger partial charge in [0.15, 0.2) is 5.58 Å². The molecule has 0 unspecified atom stereocenters. The van der Waals surface area contributed by atoms with Gasteiger partial charge in [0, 0.05) is 49.2 Å². The molecule has 0 atom stereocenters. The van der Waals surface area contributed by atoms with E-state index >= 15 is 0 Å². The molecule has 0 fully saturated rings. The van der Waals surface area contributed by atoms with E-state index < -0.39 is 0 Å². The Bertz CT molecular complexity index is 2980. The highest BCUT2D eigenvalue weighted by Gasteiger charge is 2.32. The van der Waals surface area contributed by atoms with Gasteiger partial charge in [-0.05, 0) is 47.5 Å². The van der Waals surface area contributed by atoms with Crippen LogP contribution in [0.15, 0.2) is 148 Å². The Hall–Kier alpha value is -6.39. The predicted octanol–water partition coefficient (Wildman–Crippen LogP) is 12.6. The molecule has 4 heterocycles. The number of fused-ring (bicyclic) bond motifs is 10. The summed E-state index contributed by atoms with van der Waals surface area (Å²) in [6.45, 7) is 2.18. The molecule has 224 valence electrons. The van der Waals surface area contributed by atoms with Crippen LogP contribution in [0.25, 0.3) is 87.8 Å². The lowest BCUT2D eigenvalue weighted by atomic mass is 9.88. The molecule has 0 spiro atoms. The van der Waals surface area contributed by atoms with E-state index in [-0.39, 0.29) is 0 Å². The van der Waals surface area contributed by atoms with E-state index in [4.69, 9.17) is 13.8 Å². The van der Waals surface area contributed by atoms with Gasteiger partial charge in [-0.25, -0.2) is 4.98 Å². The van der Waals surface area contributed by atoms with Gasteiger partial charge < -0.3 is 8.83 Å². The van der Waals surface area contributed by atoms with Crippen LogP contribution in [0.4, 0.5) is 17.2 Å². The van der Waals surface area contributed by atoms with Gasteiger partial charge in [-0.3, -0.25) is 4.90 Å². The molecular formula is C44H26N2O2. The van der Waals surface area contributed by atoms with Crippen LogP contribution in [-0.4, -0.2) is 4.98 Å². The van der Waals surface area contributed by atoms with E-state index in [1.165, 1.54) is 32.7 Å². The molecule has 48 heavy (non-hydrogen) atoms. The zero-order chi connectivity index (χ0) is 31.5. The number of pyridine rings is 1. The Labute approximate surface area is 275 Å². The number of anilines is 3. The fraction of sp³-hybridized carbons (Fsp3) is 0.0227. The predicted molar refractivity (Wildman–Crippen MR) is 198 cm³/mol. The highest BCUT2D eigenvalue weighted by molar-refractivity contribution is 6.20. The van der Waals surface area contributed by atoms with Gasteiger partial charge in [0.25, 0.3) is 0 Å². The molecule has 7 aromatic carbocycles. The Morgan fingerprint density at radius 1 is 0.500 bits per heavy atom. The first-order valence-corrected chi connectivity index (χ1v) is 16.3. The fourth-order valence-electron chi connectivity index (χ4n) is 8.06. The maximum absolute atomic E-state index is 6.72. The van der Waals surface area contributed by atoms with Crippen molar-refractivity contribution >= 4 is 82.7 Å². The van der Waals surface area contributed by atoms with Crippen molar-refractivity contribution in [2.45, 2.75) is 6.92 Å². The number of hydrogen-bond acceptors (Lipinski definition) is 4. The molecule has 0 saturated carbocycles. The van der Waals surface area contributed by atoms with Crippen LogP contribution in [0.3, 0.4) is 0 Å². The summed E-state index contributed by atoms with van der Waals surface area (Å²) < 4.78 is 13.3. The summed E-state index contributed by atoms with van der Waals surface area (Å²) in [5.41, 5.74) is 11.8. The van der Waals surface area contributed by atoms with Crippen LogP contribution in [0.5, 0.6) is 0 Å². The van der Waals surface area contributed by atoms with Crippen LogP contribution >= 0.6 is 0 Å². The van der Waals surface area contributed by atoms with Crippen molar-refractivity contribution in [1.82, 2.24) is 4.98 Å². The van der Waals surface area contributed by atoms with Crippen LogP contribution < -0.4 is 4.90 Å². The van der Waals surface area contributed by atoms with Crippen molar-refractivity contribution in [3.63, 3.8) is 0 Å². The summed E-state index contributed by atoms with van der Waals surface area (Å²) in [5, 5.41) is 7.96. The molecule has 4 nitrogen and oxygen atoms in total. The van der Waals surface area contributed by atoms with E-state index in [0.29, 0.717) is 0 Å². The van der Waals surface area contributed by atoms with E-state index in [1.807, 2.05) is 24.3 Å². The number of hydrogen-bond donors (Lipinski definition) is 0. The second-order valence-electron chi connectivity index (χ2n) is 12.7. The molecule has 10 aromatic rings. The molecule has 4 heteroatoms. The number of rotatable bonds is 2. The first kappa shape index (κ1) is 25.8. The lowest BCUT2D eigenvalue weighted by molar-refractivity contribution is 0.664. The van der Waals surface area contributed by atoms with Gasteiger partial charge in [0.1, 0.15) is 28.1 Å². The zero-order valence-corrected chi connectivity index (χ0v) is 26.0. The highest BCUT2D eigenvalue weighted by Crippen LogP contribution is 2.55. The molecule has 1 aliphatic rings. The smallest absolute Gasteiger partial charge is 0.162 e. The molecule has 3 aromatic heterocycles. The van der Waals surface area contributed by atoms with Crippen LogP contribution in [0.2, 0.25) is 0 Å². The number of para-hydroxylation sites is 3. The molecular weight excluding hydrogens is 588 g/mol. The van der Waals surface area contributed by atoms with Gasteiger partial charge in [0.05, 0.1) is 11.4 Å². The average Bonchev–Trinajstić information content (AvgIpc) is 3.70. The highest BCUT2D eigenvalue weighted by atomic mass is 16.3. The van der Waals surface area contributed by atoms with Crippen molar-refractivity contribution < 1.29 is 8.83 Å². The minimum atomic E-state index is 0.763. The molecule has 0 aliphatic carbocycles. The second-order valence-corrected chi connectivity index (χ2v) is 12.7. The number of benzene rings is 7. The maximum Gasteiger partial charge on any atom is 0.162 e. The molecule has 0 radical (unpaired) electrons. The largest absolute Gasteiger partial charge is 0.455 e. The van der Waals surface area contributed by atoms with Gasteiger partial charge in [-0.2, -0.15) is 0 Å². The van der Waals surface area contributed by atoms with Crippen LogP contribution in [-0.2, 0) is 0 Å². The monoisotopic (exact) mass is 614 g/mol. The molecule has 0 amide bonds. The zero-order valence-electron chi connectivity index (χ0n) is 26.0. The first-order valence-electron chi connectivity index (χ1n) is 16.3. The van der Waals surface area contributed by atoms with Crippen LogP contribution in [0.1, 0.15) is 5.56 Å². The fourth-order valence-corrected chi connectivity index (χ4v) is 8.06. The minimum absolute atomic E-state index is 0.763. The van der Waals surface area contributed by atoms with Crippen molar-refractivity contribution in [3.05, 3.63) is 145 Å². The first-order chi connectivity index (χ1) is 23.7. The summed E-state index contributed by atoms with van der Waals surface area (Å²) in [4.78, 5) is 7.96. The summed E-state index contributed by atoms with van der Waals surface area (Å²) in [6.07, 6.45) is 0. The van der Waals surface area contributed by atoms with Gasteiger partial charge in [-0.1, -0.05) is 115 Å². The Morgan fingerprint density at radius 2 is 1.15 bits per heavy atom. The topological polar surface area (TPSA) is 42.4 Å². The van der Waals surface area contributed by atoms with E-state index in [0.717, 1.165) is 77.9 Å². The third kappa shape index (κ3) is 3.31. The number of furan rings is 2. The van der Waals surface area contributed by atoms with E-state index in [9.17, 15) is 0 Å². The minimum Gasteiger partial charge on any atom is -0.455 e. The van der Waals surface area contributed by atoms with E-state index in [1.54, 1.807) is 0 Å². The van der Waals surface area contributed by atoms with Crippen molar-refractivity contribution in [1.29, 1.82) is 0 Å². The Morgan fingerprint density at radius 3 is 2.02 bits per heavy atom. The molecule has 0 saturated heterocycles. The SMILES string of the molecule is Cc1c(N2c3c(ccc4ccccc34)-c3cccc4cccc2c34)nc2c(oc3ccccc32)c1-c1cccc2c1oc1ccccc12. The molecule has 1 aliphatic heterocycles. The maximum atomic E-state index is 6.72. The molecule has 0 bridgehead atoms. The Kier molecular flexibility index (Phi) is 5.01. The summed E-state index contributed by atoms with van der Waals surface area (Å²) >= 11 is 0. The van der Waals surface area contributed by atoms with Gasteiger partial charge >= 0.3 is 0 Å². The van der Waals surface area contributed by atoms with E-state index in [2.05, 4.69) is 127 Å². The lowest BCUT2D eigenvalue weighted by Gasteiger charge is -2.35. The van der Waals surface area contributed by atoms with Crippen molar-refractivity contribution in [2.24, 2.45) is 0 Å². The summed E-state index contributed by atoms with van der Waals surface area (Å²) in [5.74, 6) is 0.872. The number of aromatic nitrogens is 1. The summed E-state index contributed by atoms with van der Waals surface area (Å²) in [6, 6.07) is 49.2. The molecule has 0 N–H and O–H groups in total. The lowest BCUT2D eigenvalue weighted by Crippen LogP contribution is -2.18. The standard InChI is InChI=1S/C44H26N2O2/c1-25-38(34-19-10-18-32-29-15-4-6-21-36(29)47-42(32)34)43-40(33-16-5-7-22-37(33)48-43)45-44(25)46-35-20-9-13-27-12-8-17-30(39(27)35)31-24-23-26-11-2-3-14-28(26)41(31)46/h2-24H,1H3. The third-order valence-electron chi connectivity index (χ3n) is 10.1. The van der Waals surface area contributed by atoms with Crippen LogP contribution in [0, 0.1) is 6.92 Å². The van der Waals surface area contributed by atoms with Crippen molar-refractivity contribution in [3.8, 4) is 22.3 Å². The Balaban J connectivity index is 1.33. The normalized spacial score (nSPS) is 12.6. The average molecular weight is 615 g/mol. The third-order valence-corrected chi connectivity index (χ3v) is 10.1. The number of nitrogens with zero attached hydrogens (tertiary/aromatic N) is 2.